The molecule has 0 unspecified atom stereocenters. The molecule has 226 valence electrons. The summed E-state index contributed by atoms with van der Waals surface area (Å²) in [4.78, 5) is 34.6. The maximum absolute atomic E-state index is 12.4. The molecule has 0 bridgehead atoms. The second-order valence-corrected chi connectivity index (χ2v) is 12.1. The van der Waals surface area contributed by atoms with Crippen molar-refractivity contribution in [1.29, 1.82) is 0 Å². The molecule has 5 N–H and O–H groups in total. The first-order valence-corrected chi connectivity index (χ1v) is 14.9. The number of hydrogen-bond acceptors (Lipinski definition) is 8. The van der Waals surface area contributed by atoms with E-state index in [1.807, 2.05) is 42.6 Å². The van der Waals surface area contributed by atoms with Gasteiger partial charge in [-0.3, -0.25) is 9.59 Å². The Morgan fingerprint density at radius 2 is 1.67 bits per heavy atom. The van der Waals surface area contributed by atoms with Gasteiger partial charge in [0.1, 0.15) is 0 Å². The molecule has 2 aliphatic heterocycles. The lowest BCUT2D eigenvalue weighted by Gasteiger charge is -2.26. The number of fused-ring (bicyclic) bond motifs is 1. The Kier molecular flexibility index (Phi) is 9.20. The molecule has 6 rings (SSSR count). The molecule has 2 aromatic heterocycles. The van der Waals surface area contributed by atoms with Gasteiger partial charge in [-0.1, -0.05) is 32.9 Å². The van der Waals surface area contributed by atoms with Crippen LogP contribution in [0.3, 0.4) is 0 Å². The van der Waals surface area contributed by atoms with Gasteiger partial charge < -0.3 is 26.6 Å². The van der Waals surface area contributed by atoms with E-state index in [4.69, 9.17) is 10.7 Å². The minimum absolute atomic E-state index is 0.0414. The number of primary amides is 1. The number of hydrogen-bond donors (Lipinski definition) is 4. The number of imidazole rings is 1. The molecule has 2 fully saturated rings. The molecule has 2 aliphatic rings. The smallest absolute Gasteiger partial charge is 0.251 e. The lowest BCUT2D eigenvalue weighted by atomic mass is 9.87. The highest BCUT2D eigenvalue weighted by Crippen LogP contribution is 2.24. The van der Waals surface area contributed by atoms with Crippen LogP contribution in [0.2, 0.25) is 0 Å². The van der Waals surface area contributed by atoms with Gasteiger partial charge in [0.15, 0.2) is 11.5 Å². The number of nitrogens with zero attached hydrogens (tertiary/aromatic N) is 5. The number of amides is 2. The Hall–Kier alpha value is -4.51. The van der Waals surface area contributed by atoms with Crippen LogP contribution in [0.4, 0.5) is 17.5 Å². The normalized spacial score (nSPS) is 16.8. The Bertz CT molecular complexity index is 1530. The summed E-state index contributed by atoms with van der Waals surface area (Å²) in [5, 5.41) is 14.3. The zero-order valence-electron chi connectivity index (χ0n) is 25.1. The highest BCUT2D eigenvalue weighted by molar-refractivity contribution is 5.95. The minimum Gasteiger partial charge on any atom is -0.366 e. The molecule has 11 heteroatoms. The summed E-state index contributed by atoms with van der Waals surface area (Å²) in [5.41, 5.74) is 9.19. The van der Waals surface area contributed by atoms with Crippen LogP contribution in [0.15, 0.2) is 60.9 Å². The van der Waals surface area contributed by atoms with Gasteiger partial charge in [-0.25, -0.2) is 9.50 Å². The van der Waals surface area contributed by atoms with Crippen LogP contribution in [0.1, 0.15) is 72.7 Å². The van der Waals surface area contributed by atoms with E-state index in [0.29, 0.717) is 28.5 Å². The van der Waals surface area contributed by atoms with E-state index in [9.17, 15) is 9.59 Å². The summed E-state index contributed by atoms with van der Waals surface area (Å²) in [5.74, 6) is 0.953. The molecule has 0 saturated carbocycles. The summed E-state index contributed by atoms with van der Waals surface area (Å²) < 4.78 is 1.76. The van der Waals surface area contributed by atoms with Gasteiger partial charge in [-0.2, -0.15) is 4.98 Å². The molecule has 0 radical (unpaired) electrons. The topological polar surface area (TPSA) is 143 Å². The molecule has 1 atom stereocenters. The quantitative estimate of drug-likeness (QED) is 0.267. The minimum atomic E-state index is -0.375. The Labute approximate surface area is 252 Å². The zero-order chi connectivity index (χ0) is 30.4. The van der Waals surface area contributed by atoms with Crippen molar-refractivity contribution in [2.24, 2.45) is 5.73 Å². The number of piperidine rings is 1. The Morgan fingerprint density at radius 1 is 0.977 bits per heavy atom. The number of nitrogens with one attached hydrogen (secondary N) is 3. The maximum Gasteiger partial charge on any atom is 0.251 e. The first kappa shape index (κ1) is 30.0. The average molecular weight is 584 g/mol. The lowest BCUT2D eigenvalue weighted by Crippen LogP contribution is -2.36. The number of rotatable bonds is 6. The Morgan fingerprint density at radius 3 is 2.30 bits per heavy atom. The predicted molar refractivity (Wildman–Crippen MR) is 169 cm³/mol. The summed E-state index contributed by atoms with van der Waals surface area (Å²) in [6, 6.07) is 15.1. The third-order valence-corrected chi connectivity index (χ3v) is 7.72. The van der Waals surface area contributed by atoms with Crippen molar-refractivity contribution in [3.05, 3.63) is 77.6 Å². The van der Waals surface area contributed by atoms with Gasteiger partial charge in [0.2, 0.25) is 11.9 Å². The van der Waals surface area contributed by atoms with Crippen molar-refractivity contribution in [2.45, 2.75) is 57.9 Å². The van der Waals surface area contributed by atoms with Gasteiger partial charge in [0.05, 0.1) is 0 Å². The molecule has 0 spiro atoms. The van der Waals surface area contributed by atoms with Crippen LogP contribution in [0.25, 0.3) is 5.65 Å². The van der Waals surface area contributed by atoms with Crippen LogP contribution in [0.5, 0.6) is 0 Å². The predicted octanol–water partition coefficient (Wildman–Crippen LogP) is 4.03. The molecule has 11 nitrogen and oxygen atoms in total. The van der Waals surface area contributed by atoms with Crippen molar-refractivity contribution < 1.29 is 9.59 Å². The first-order valence-electron chi connectivity index (χ1n) is 14.9. The largest absolute Gasteiger partial charge is 0.366 e. The SMILES string of the molecule is CC(C)(C)c1ccc(C(N)=O)cc1.O=C(N[C@H]1CCNC1)c1ccc(Nc2nc(N3CCCCC3)nn3ccnc23)cc1. The molecule has 43 heavy (non-hydrogen) atoms. The Balaban J connectivity index is 0.000000239. The summed E-state index contributed by atoms with van der Waals surface area (Å²) in [6.45, 7) is 10.1. The van der Waals surface area contributed by atoms with Crippen molar-refractivity contribution in [1.82, 2.24) is 30.2 Å². The number of benzene rings is 2. The van der Waals surface area contributed by atoms with Crippen LogP contribution >= 0.6 is 0 Å². The van der Waals surface area contributed by atoms with Crippen molar-refractivity contribution >= 4 is 34.9 Å². The third kappa shape index (κ3) is 7.66. The molecule has 4 heterocycles. The molecule has 2 aromatic carbocycles. The number of carbonyl (C=O) groups excluding carboxylic acids is 2. The van der Waals surface area contributed by atoms with Crippen LogP contribution in [-0.2, 0) is 5.41 Å². The molecule has 2 amide bonds. The van der Waals surface area contributed by atoms with E-state index >= 15 is 0 Å². The van der Waals surface area contributed by atoms with Crippen molar-refractivity contribution in [2.75, 3.05) is 36.4 Å². The van der Waals surface area contributed by atoms with Crippen molar-refractivity contribution in [3.8, 4) is 0 Å². The van der Waals surface area contributed by atoms with Gasteiger partial charge in [-0.15, -0.1) is 5.10 Å². The summed E-state index contributed by atoms with van der Waals surface area (Å²) in [6.07, 6.45) is 8.11. The van der Waals surface area contributed by atoms with E-state index in [0.717, 1.165) is 51.1 Å². The van der Waals surface area contributed by atoms with E-state index in [1.165, 1.54) is 12.0 Å². The van der Waals surface area contributed by atoms with Crippen LogP contribution in [0, 0.1) is 0 Å². The van der Waals surface area contributed by atoms with Gasteiger partial charge in [0.25, 0.3) is 5.91 Å². The second kappa shape index (κ2) is 13.2. The van der Waals surface area contributed by atoms with E-state index in [2.05, 4.69) is 51.7 Å². The van der Waals surface area contributed by atoms with Gasteiger partial charge in [0, 0.05) is 54.9 Å². The van der Waals surface area contributed by atoms with E-state index in [-0.39, 0.29) is 23.3 Å². The highest BCUT2D eigenvalue weighted by Gasteiger charge is 2.19. The molecule has 2 saturated heterocycles. The van der Waals surface area contributed by atoms with E-state index < -0.39 is 0 Å². The molecular weight excluding hydrogens is 542 g/mol. The van der Waals surface area contributed by atoms with Crippen LogP contribution < -0.4 is 26.6 Å². The van der Waals surface area contributed by atoms with Gasteiger partial charge in [-0.05, 0) is 79.6 Å². The van der Waals surface area contributed by atoms with Gasteiger partial charge >= 0.3 is 0 Å². The van der Waals surface area contributed by atoms with Crippen molar-refractivity contribution in [3.63, 3.8) is 0 Å². The fourth-order valence-electron chi connectivity index (χ4n) is 5.15. The first-order chi connectivity index (χ1) is 20.7. The molecule has 4 aromatic rings. The van der Waals surface area contributed by atoms with Crippen LogP contribution in [-0.4, -0.2) is 63.6 Å². The van der Waals surface area contributed by atoms with E-state index in [1.54, 1.807) is 22.8 Å². The lowest BCUT2D eigenvalue weighted by molar-refractivity contribution is 0.0939. The number of anilines is 3. The second-order valence-electron chi connectivity index (χ2n) is 12.1. The number of aromatic nitrogens is 4. The number of carbonyl (C=O) groups is 2. The fourth-order valence-corrected chi connectivity index (χ4v) is 5.15. The molecule has 0 aliphatic carbocycles. The fraction of sp³-hybridized carbons (Fsp3) is 0.406. The standard InChI is InChI=1S/C21H26N8O.C11H15NO/c30-20(25-17-8-9-22-14-17)15-4-6-16(7-5-15)24-18-19-23-10-13-29(19)27-21(26-18)28-11-2-1-3-12-28;1-11(2,3)9-6-4-8(5-7-9)10(12)13/h4-7,10,13,17,22H,1-3,8-9,11-12,14H2,(H,25,30)(H,24,26,27);4-7H,1-3H3,(H2,12,13)/t17-;/m0./s1. The number of nitrogens with two attached hydrogens (primary N) is 1. The monoisotopic (exact) mass is 583 g/mol. The third-order valence-electron chi connectivity index (χ3n) is 7.72. The summed E-state index contributed by atoms with van der Waals surface area (Å²) >= 11 is 0. The average Bonchev–Trinajstić information content (AvgIpc) is 3.70. The summed E-state index contributed by atoms with van der Waals surface area (Å²) in [7, 11) is 0. The highest BCUT2D eigenvalue weighted by atomic mass is 16.2. The zero-order valence-corrected chi connectivity index (χ0v) is 25.1. The molecular formula is C32H41N9O2. The maximum atomic E-state index is 12.4.